The molecular weight excluding hydrogens is 176 g/mol. The molecule has 82 valence electrons. The van der Waals surface area contributed by atoms with Gasteiger partial charge in [-0.15, -0.1) is 0 Å². The Morgan fingerprint density at radius 3 is 2.29 bits per heavy atom. The van der Waals surface area contributed by atoms with E-state index < -0.39 is 0 Å². The van der Waals surface area contributed by atoms with Gasteiger partial charge in [0, 0.05) is 45.8 Å². The van der Waals surface area contributed by atoms with Crippen LogP contribution in [0.5, 0.6) is 0 Å². The summed E-state index contributed by atoms with van der Waals surface area (Å²) in [5.74, 6) is 0. The highest BCUT2D eigenvalue weighted by molar-refractivity contribution is 4.81. The van der Waals surface area contributed by atoms with Crippen molar-refractivity contribution in [2.45, 2.75) is 6.17 Å². The standard InChI is InChI=1S/C10H22N4/c1-12-5-7-14(8-6-12)10-9-13(2)4-3-11-10/h10-11H,3-9H2,1-2H3. The van der Waals surface area contributed by atoms with Gasteiger partial charge in [0.1, 0.15) is 0 Å². The maximum atomic E-state index is 3.60. The minimum Gasteiger partial charge on any atom is -0.304 e. The Kier molecular flexibility index (Phi) is 3.38. The second-order valence-corrected chi connectivity index (χ2v) is 4.57. The predicted molar refractivity (Wildman–Crippen MR) is 58.4 cm³/mol. The lowest BCUT2D eigenvalue weighted by atomic mass is 10.2. The smallest absolute Gasteiger partial charge is 0.0729 e. The van der Waals surface area contributed by atoms with Gasteiger partial charge < -0.3 is 9.80 Å². The van der Waals surface area contributed by atoms with Crippen molar-refractivity contribution in [1.82, 2.24) is 20.0 Å². The molecule has 0 saturated carbocycles. The number of nitrogens with one attached hydrogen (secondary N) is 1. The summed E-state index contributed by atoms with van der Waals surface area (Å²) in [6, 6.07) is 0. The molecule has 2 heterocycles. The number of likely N-dealkylation sites (N-methyl/N-ethyl adjacent to an activating group) is 2. The molecule has 1 atom stereocenters. The molecule has 2 fully saturated rings. The van der Waals surface area contributed by atoms with E-state index in [0.29, 0.717) is 6.17 Å². The van der Waals surface area contributed by atoms with Crippen molar-refractivity contribution in [2.75, 3.05) is 59.9 Å². The van der Waals surface area contributed by atoms with Crippen molar-refractivity contribution in [3.63, 3.8) is 0 Å². The lowest BCUT2D eigenvalue weighted by Gasteiger charge is -2.42. The van der Waals surface area contributed by atoms with Crippen molar-refractivity contribution in [2.24, 2.45) is 0 Å². The van der Waals surface area contributed by atoms with Gasteiger partial charge in [0.05, 0.1) is 6.17 Å². The van der Waals surface area contributed by atoms with Crippen LogP contribution in [0.15, 0.2) is 0 Å². The minimum atomic E-state index is 0.586. The highest BCUT2D eigenvalue weighted by Gasteiger charge is 2.25. The van der Waals surface area contributed by atoms with Crippen LogP contribution in [0.25, 0.3) is 0 Å². The van der Waals surface area contributed by atoms with Crippen molar-refractivity contribution in [3.8, 4) is 0 Å². The summed E-state index contributed by atoms with van der Waals surface area (Å²) in [6.07, 6.45) is 0.586. The van der Waals surface area contributed by atoms with E-state index in [1.165, 1.54) is 39.3 Å². The van der Waals surface area contributed by atoms with E-state index in [9.17, 15) is 0 Å². The van der Waals surface area contributed by atoms with Gasteiger partial charge in [0.25, 0.3) is 0 Å². The molecule has 2 aliphatic heterocycles. The number of rotatable bonds is 1. The van der Waals surface area contributed by atoms with Crippen LogP contribution < -0.4 is 5.32 Å². The summed E-state index contributed by atoms with van der Waals surface area (Å²) in [5, 5.41) is 3.60. The topological polar surface area (TPSA) is 21.8 Å². The first kappa shape index (κ1) is 10.4. The minimum absolute atomic E-state index is 0.586. The first-order valence-corrected chi connectivity index (χ1v) is 5.60. The Morgan fingerprint density at radius 1 is 0.929 bits per heavy atom. The Hall–Kier alpha value is -0.160. The van der Waals surface area contributed by atoms with E-state index in [0.717, 1.165) is 6.54 Å². The lowest BCUT2D eigenvalue weighted by Crippen LogP contribution is -2.61. The summed E-state index contributed by atoms with van der Waals surface area (Å²) in [4.78, 5) is 7.40. The van der Waals surface area contributed by atoms with Crippen LogP contribution >= 0.6 is 0 Å². The monoisotopic (exact) mass is 198 g/mol. The number of piperazine rings is 2. The molecule has 4 nitrogen and oxygen atoms in total. The summed E-state index contributed by atoms with van der Waals surface area (Å²) in [6.45, 7) is 8.33. The molecule has 0 aromatic heterocycles. The SMILES string of the molecule is CN1CCN(C2CN(C)CCN2)CC1. The van der Waals surface area contributed by atoms with Crippen LogP contribution in [0.1, 0.15) is 0 Å². The Morgan fingerprint density at radius 2 is 1.64 bits per heavy atom. The van der Waals surface area contributed by atoms with Crippen LogP contribution in [-0.2, 0) is 0 Å². The summed E-state index contributed by atoms with van der Waals surface area (Å²) in [5.41, 5.74) is 0. The molecule has 0 radical (unpaired) electrons. The molecule has 1 unspecified atom stereocenters. The third-order valence-electron chi connectivity index (χ3n) is 3.34. The first-order valence-electron chi connectivity index (χ1n) is 5.60. The Balaban J connectivity index is 1.82. The second-order valence-electron chi connectivity index (χ2n) is 4.57. The number of hydrogen-bond acceptors (Lipinski definition) is 4. The van der Waals surface area contributed by atoms with Crippen molar-refractivity contribution < 1.29 is 0 Å². The molecule has 0 aromatic rings. The fourth-order valence-corrected chi connectivity index (χ4v) is 2.25. The average molecular weight is 198 g/mol. The molecule has 1 N–H and O–H groups in total. The fourth-order valence-electron chi connectivity index (χ4n) is 2.25. The highest BCUT2D eigenvalue weighted by Crippen LogP contribution is 2.06. The second kappa shape index (κ2) is 4.57. The molecular formula is C10H22N4. The van der Waals surface area contributed by atoms with E-state index in [1.54, 1.807) is 0 Å². The zero-order valence-electron chi connectivity index (χ0n) is 9.37. The zero-order chi connectivity index (χ0) is 9.97. The van der Waals surface area contributed by atoms with Crippen LogP contribution in [0, 0.1) is 0 Å². The van der Waals surface area contributed by atoms with Gasteiger partial charge in [0.2, 0.25) is 0 Å². The molecule has 0 spiro atoms. The fraction of sp³-hybridized carbons (Fsp3) is 1.00. The van der Waals surface area contributed by atoms with Crippen molar-refractivity contribution >= 4 is 0 Å². The maximum Gasteiger partial charge on any atom is 0.0729 e. The van der Waals surface area contributed by atoms with Crippen LogP contribution in [0.4, 0.5) is 0 Å². The van der Waals surface area contributed by atoms with E-state index in [4.69, 9.17) is 0 Å². The van der Waals surface area contributed by atoms with Gasteiger partial charge in [-0.1, -0.05) is 0 Å². The molecule has 0 amide bonds. The Labute approximate surface area is 86.8 Å². The van der Waals surface area contributed by atoms with E-state index >= 15 is 0 Å². The van der Waals surface area contributed by atoms with Gasteiger partial charge in [0.15, 0.2) is 0 Å². The van der Waals surface area contributed by atoms with Gasteiger partial charge in [-0.05, 0) is 14.1 Å². The van der Waals surface area contributed by atoms with Crippen molar-refractivity contribution in [3.05, 3.63) is 0 Å². The molecule has 0 aromatic carbocycles. The molecule has 4 heteroatoms. The third-order valence-corrected chi connectivity index (χ3v) is 3.34. The third kappa shape index (κ3) is 2.45. The molecule has 14 heavy (non-hydrogen) atoms. The van der Waals surface area contributed by atoms with Crippen LogP contribution in [-0.4, -0.2) is 80.8 Å². The largest absolute Gasteiger partial charge is 0.304 e. The van der Waals surface area contributed by atoms with Crippen LogP contribution in [0.2, 0.25) is 0 Å². The van der Waals surface area contributed by atoms with Gasteiger partial charge >= 0.3 is 0 Å². The first-order chi connectivity index (χ1) is 6.75. The normalized spacial score (nSPS) is 33.4. The summed E-state index contributed by atoms with van der Waals surface area (Å²) in [7, 11) is 4.42. The zero-order valence-corrected chi connectivity index (χ0v) is 9.37. The van der Waals surface area contributed by atoms with Crippen molar-refractivity contribution in [1.29, 1.82) is 0 Å². The quantitative estimate of drug-likeness (QED) is 0.589. The maximum absolute atomic E-state index is 3.60. The number of nitrogens with zero attached hydrogens (tertiary/aromatic N) is 3. The van der Waals surface area contributed by atoms with E-state index in [-0.39, 0.29) is 0 Å². The predicted octanol–water partition coefficient (Wildman–Crippen LogP) is -0.905. The van der Waals surface area contributed by atoms with E-state index in [1.807, 2.05) is 0 Å². The molecule has 2 rings (SSSR count). The van der Waals surface area contributed by atoms with Crippen LogP contribution in [0.3, 0.4) is 0 Å². The Bertz CT molecular complexity index is 177. The molecule has 0 bridgehead atoms. The van der Waals surface area contributed by atoms with Gasteiger partial charge in [-0.3, -0.25) is 10.2 Å². The molecule has 0 aliphatic carbocycles. The molecule has 2 aliphatic rings. The summed E-state index contributed by atoms with van der Waals surface area (Å²) >= 11 is 0. The van der Waals surface area contributed by atoms with Gasteiger partial charge in [-0.2, -0.15) is 0 Å². The molecule has 2 saturated heterocycles. The van der Waals surface area contributed by atoms with Gasteiger partial charge in [-0.25, -0.2) is 0 Å². The average Bonchev–Trinajstić information content (AvgIpc) is 2.19. The number of hydrogen-bond donors (Lipinski definition) is 1. The summed E-state index contributed by atoms with van der Waals surface area (Å²) < 4.78 is 0. The van der Waals surface area contributed by atoms with E-state index in [2.05, 4.69) is 34.1 Å². The highest BCUT2D eigenvalue weighted by atomic mass is 15.4. The lowest BCUT2D eigenvalue weighted by molar-refractivity contribution is 0.0567.